The third-order valence-electron chi connectivity index (χ3n) is 2.70. The molecule has 1 aromatic carbocycles. The van der Waals surface area contributed by atoms with E-state index in [1.54, 1.807) is 10.7 Å². The molecule has 0 saturated carbocycles. The number of rotatable bonds is 1. The Morgan fingerprint density at radius 3 is 2.53 bits per heavy atom. The molecule has 1 heterocycles. The van der Waals surface area contributed by atoms with E-state index in [9.17, 15) is 0 Å². The average molecular weight is 246 g/mol. The van der Waals surface area contributed by atoms with Crippen molar-refractivity contribution in [1.82, 2.24) is 9.78 Å². The first-order chi connectivity index (χ1) is 8.04. The van der Waals surface area contributed by atoms with Gasteiger partial charge in [0, 0.05) is 0 Å². The van der Waals surface area contributed by atoms with Crippen LogP contribution in [0.3, 0.4) is 0 Å². The molecular weight excluding hydrogens is 234 g/mol. The van der Waals surface area contributed by atoms with Gasteiger partial charge in [0.05, 0.1) is 27.7 Å². The summed E-state index contributed by atoms with van der Waals surface area (Å²) < 4.78 is 1.73. The van der Waals surface area contributed by atoms with Crippen molar-refractivity contribution in [3.63, 3.8) is 0 Å². The number of nitrogens with zero attached hydrogens (tertiary/aromatic N) is 3. The van der Waals surface area contributed by atoms with Gasteiger partial charge in [-0.2, -0.15) is 10.4 Å². The fraction of sp³-hybridized carbons (Fsp3) is 0.231. The van der Waals surface area contributed by atoms with Crippen LogP contribution >= 0.6 is 11.6 Å². The van der Waals surface area contributed by atoms with Crippen molar-refractivity contribution in [2.45, 2.75) is 20.8 Å². The van der Waals surface area contributed by atoms with Gasteiger partial charge in [-0.05, 0) is 38.5 Å². The van der Waals surface area contributed by atoms with Crippen LogP contribution in [-0.2, 0) is 0 Å². The number of benzene rings is 1. The molecule has 86 valence electrons. The number of halogens is 1. The lowest BCUT2D eigenvalue weighted by Gasteiger charge is -2.07. The highest BCUT2D eigenvalue weighted by Crippen LogP contribution is 2.24. The maximum absolute atomic E-state index is 9.11. The molecule has 0 aliphatic heterocycles. The van der Waals surface area contributed by atoms with Crippen molar-refractivity contribution in [2.75, 3.05) is 0 Å². The molecule has 0 fully saturated rings. The Kier molecular flexibility index (Phi) is 2.91. The summed E-state index contributed by atoms with van der Waals surface area (Å²) in [6.07, 6.45) is 0. The minimum Gasteiger partial charge on any atom is -0.235 e. The molecule has 0 atom stereocenters. The highest BCUT2D eigenvalue weighted by molar-refractivity contribution is 6.31. The lowest BCUT2D eigenvalue weighted by Crippen LogP contribution is -2.02. The fourth-order valence-corrected chi connectivity index (χ4v) is 1.89. The summed E-state index contributed by atoms with van der Waals surface area (Å²) in [4.78, 5) is 0. The van der Waals surface area contributed by atoms with Crippen LogP contribution in [0.25, 0.3) is 5.69 Å². The van der Waals surface area contributed by atoms with E-state index in [0.717, 1.165) is 22.6 Å². The van der Waals surface area contributed by atoms with E-state index in [4.69, 9.17) is 16.9 Å². The number of aryl methyl sites for hydroxylation is 2. The van der Waals surface area contributed by atoms with Crippen molar-refractivity contribution in [3.05, 3.63) is 45.7 Å². The van der Waals surface area contributed by atoms with E-state index in [1.807, 2.05) is 32.9 Å². The van der Waals surface area contributed by atoms with E-state index < -0.39 is 0 Å². The maximum atomic E-state index is 9.11. The normalized spacial score (nSPS) is 10.3. The molecule has 2 rings (SSSR count). The molecule has 0 radical (unpaired) electrons. The average Bonchev–Trinajstić information content (AvgIpc) is 2.57. The summed E-state index contributed by atoms with van der Waals surface area (Å²) in [5.74, 6) is 0. The Hall–Kier alpha value is -1.79. The van der Waals surface area contributed by atoms with Gasteiger partial charge >= 0.3 is 0 Å². The van der Waals surface area contributed by atoms with Crippen LogP contribution in [0.5, 0.6) is 0 Å². The molecular formula is C13H12ClN3. The van der Waals surface area contributed by atoms with Crippen LogP contribution in [-0.4, -0.2) is 9.78 Å². The van der Waals surface area contributed by atoms with Gasteiger partial charge in [0.25, 0.3) is 0 Å². The summed E-state index contributed by atoms with van der Waals surface area (Å²) in [7, 11) is 0. The first kappa shape index (κ1) is 11.7. The van der Waals surface area contributed by atoms with Crippen molar-refractivity contribution in [1.29, 1.82) is 5.26 Å². The number of nitriles is 1. The molecule has 3 nitrogen and oxygen atoms in total. The van der Waals surface area contributed by atoms with Gasteiger partial charge in [-0.25, -0.2) is 4.68 Å². The Morgan fingerprint density at radius 1 is 1.29 bits per heavy atom. The zero-order valence-corrected chi connectivity index (χ0v) is 10.7. The molecule has 2 aromatic rings. The second-order valence-electron chi connectivity index (χ2n) is 4.03. The third-order valence-corrected chi connectivity index (χ3v) is 3.25. The number of aromatic nitrogens is 2. The Balaban J connectivity index is 2.72. The van der Waals surface area contributed by atoms with Gasteiger partial charge in [-0.3, -0.25) is 0 Å². The van der Waals surface area contributed by atoms with E-state index in [2.05, 4.69) is 11.2 Å². The second-order valence-corrected chi connectivity index (χ2v) is 4.41. The summed E-state index contributed by atoms with van der Waals surface area (Å²) in [6.45, 7) is 5.73. The molecule has 0 aliphatic rings. The molecule has 0 saturated heterocycles. The monoisotopic (exact) mass is 245 g/mol. The molecule has 4 heteroatoms. The van der Waals surface area contributed by atoms with Crippen LogP contribution in [0.4, 0.5) is 0 Å². The van der Waals surface area contributed by atoms with Crippen molar-refractivity contribution >= 4 is 11.6 Å². The summed E-state index contributed by atoms with van der Waals surface area (Å²) in [5.41, 5.74) is 4.08. The summed E-state index contributed by atoms with van der Waals surface area (Å²) in [5, 5.41) is 14.1. The van der Waals surface area contributed by atoms with Gasteiger partial charge in [0.1, 0.15) is 6.07 Å². The number of hydrogen-bond donors (Lipinski definition) is 0. The fourth-order valence-electron chi connectivity index (χ4n) is 1.77. The minimum atomic E-state index is 0.595. The van der Waals surface area contributed by atoms with Crippen LogP contribution in [0.1, 0.15) is 22.5 Å². The molecule has 0 amide bonds. The van der Waals surface area contributed by atoms with Crippen molar-refractivity contribution in [2.24, 2.45) is 0 Å². The highest BCUT2D eigenvalue weighted by Gasteiger charge is 2.13. The molecule has 0 bridgehead atoms. The lowest BCUT2D eigenvalue weighted by atomic mass is 10.1. The largest absolute Gasteiger partial charge is 0.235 e. The molecule has 17 heavy (non-hydrogen) atoms. The SMILES string of the molecule is Cc1ccc(C#N)c(-n2nc(C)c(Cl)c2C)c1. The Bertz CT molecular complexity index is 620. The topological polar surface area (TPSA) is 41.6 Å². The molecule has 0 unspecified atom stereocenters. The zero-order valence-electron chi connectivity index (χ0n) is 9.95. The molecule has 0 aliphatic carbocycles. The van der Waals surface area contributed by atoms with E-state index >= 15 is 0 Å². The van der Waals surface area contributed by atoms with Crippen molar-refractivity contribution < 1.29 is 0 Å². The number of hydrogen-bond acceptors (Lipinski definition) is 2. The van der Waals surface area contributed by atoms with Gasteiger partial charge < -0.3 is 0 Å². The second kappa shape index (κ2) is 4.23. The van der Waals surface area contributed by atoms with Gasteiger partial charge in [-0.1, -0.05) is 17.7 Å². The van der Waals surface area contributed by atoms with Crippen LogP contribution < -0.4 is 0 Å². The third kappa shape index (κ3) is 1.92. The molecule has 0 spiro atoms. The standard InChI is InChI=1S/C13H12ClN3/c1-8-4-5-11(7-15)12(6-8)17-10(3)13(14)9(2)16-17/h4-6H,1-3H3. The quantitative estimate of drug-likeness (QED) is 0.773. The molecule has 1 aromatic heterocycles. The first-order valence-electron chi connectivity index (χ1n) is 5.27. The first-order valence-corrected chi connectivity index (χ1v) is 5.65. The Labute approximate surface area is 105 Å². The van der Waals surface area contributed by atoms with Gasteiger partial charge in [0.2, 0.25) is 0 Å². The highest BCUT2D eigenvalue weighted by atomic mass is 35.5. The minimum absolute atomic E-state index is 0.595. The zero-order chi connectivity index (χ0) is 12.6. The van der Waals surface area contributed by atoms with E-state index in [-0.39, 0.29) is 0 Å². The summed E-state index contributed by atoms with van der Waals surface area (Å²) >= 11 is 6.12. The van der Waals surface area contributed by atoms with Gasteiger partial charge in [-0.15, -0.1) is 0 Å². The summed E-state index contributed by atoms with van der Waals surface area (Å²) in [6, 6.07) is 7.82. The van der Waals surface area contributed by atoms with Crippen LogP contribution in [0.2, 0.25) is 5.02 Å². The van der Waals surface area contributed by atoms with Gasteiger partial charge in [0.15, 0.2) is 0 Å². The predicted molar refractivity (Wildman–Crippen MR) is 67.5 cm³/mol. The predicted octanol–water partition coefficient (Wildman–Crippen LogP) is 3.32. The van der Waals surface area contributed by atoms with Crippen LogP contribution in [0.15, 0.2) is 18.2 Å². The Morgan fingerprint density at radius 2 is 2.00 bits per heavy atom. The smallest absolute Gasteiger partial charge is 0.101 e. The maximum Gasteiger partial charge on any atom is 0.101 e. The molecule has 0 N–H and O–H groups in total. The van der Waals surface area contributed by atoms with E-state index in [0.29, 0.717) is 10.6 Å². The van der Waals surface area contributed by atoms with E-state index in [1.165, 1.54) is 0 Å². The van der Waals surface area contributed by atoms with Crippen LogP contribution in [0, 0.1) is 32.1 Å². The van der Waals surface area contributed by atoms with Crippen molar-refractivity contribution in [3.8, 4) is 11.8 Å². The lowest BCUT2D eigenvalue weighted by molar-refractivity contribution is 0.830.